The highest BCUT2D eigenvalue weighted by atomic mass is 16.4. The Balaban J connectivity index is 1.91. The minimum Gasteiger partial charge on any atom is -0.441 e. The summed E-state index contributed by atoms with van der Waals surface area (Å²) in [5, 5.41) is 5.69. The van der Waals surface area contributed by atoms with Gasteiger partial charge >= 0.3 is 0 Å². The lowest BCUT2D eigenvalue weighted by molar-refractivity contribution is 0.497. The summed E-state index contributed by atoms with van der Waals surface area (Å²) in [5.41, 5.74) is 1.10. The van der Waals surface area contributed by atoms with Gasteiger partial charge in [0.1, 0.15) is 0 Å². The molecule has 3 aromatic rings. The number of aromatic nitrogens is 1. The summed E-state index contributed by atoms with van der Waals surface area (Å²) in [5.74, 6) is 1.63. The number of rotatable bonds is 5. The molecule has 3 nitrogen and oxygen atoms in total. The van der Waals surface area contributed by atoms with Gasteiger partial charge in [-0.05, 0) is 17.3 Å². The van der Waals surface area contributed by atoms with E-state index >= 15 is 0 Å². The molecule has 2 aromatic carbocycles. The second kappa shape index (κ2) is 5.88. The maximum Gasteiger partial charge on any atom is 0.196 e. The molecule has 0 bridgehead atoms. The highest BCUT2D eigenvalue weighted by Gasteiger charge is 2.09. The number of nitrogens with one attached hydrogen (secondary N) is 1. The zero-order valence-electron chi connectivity index (χ0n) is 11.6. The molecule has 0 aliphatic heterocycles. The molecule has 0 radical (unpaired) electrons. The van der Waals surface area contributed by atoms with Crippen LogP contribution in [0.25, 0.3) is 22.1 Å². The van der Waals surface area contributed by atoms with Crippen molar-refractivity contribution in [3.05, 3.63) is 54.6 Å². The van der Waals surface area contributed by atoms with Gasteiger partial charge in [0, 0.05) is 18.5 Å². The molecule has 3 rings (SSSR count). The Hall–Kier alpha value is -2.13. The smallest absolute Gasteiger partial charge is 0.196 e. The van der Waals surface area contributed by atoms with Gasteiger partial charge in [-0.1, -0.05) is 49.4 Å². The van der Waals surface area contributed by atoms with Gasteiger partial charge in [0.2, 0.25) is 0 Å². The number of fused-ring (bicyclic) bond motifs is 1. The molecule has 1 N–H and O–H groups in total. The summed E-state index contributed by atoms with van der Waals surface area (Å²) in [6, 6.07) is 14.6. The van der Waals surface area contributed by atoms with Crippen LogP contribution >= 0.6 is 0 Å². The quantitative estimate of drug-likeness (QED) is 0.716. The third-order valence-electron chi connectivity index (χ3n) is 3.37. The largest absolute Gasteiger partial charge is 0.441 e. The predicted octanol–water partition coefficient (Wildman–Crippen LogP) is 3.65. The summed E-state index contributed by atoms with van der Waals surface area (Å²) in [6.45, 7) is 3.96. The predicted molar refractivity (Wildman–Crippen MR) is 81.7 cm³/mol. The molecule has 0 atom stereocenters. The molecular weight excluding hydrogens is 248 g/mol. The van der Waals surface area contributed by atoms with Gasteiger partial charge in [-0.25, -0.2) is 4.98 Å². The molecule has 20 heavy (non-hydrogen) atoms. The summed E-state index contributed by atoms with van der Waals surface area (Å²) >= 11 is 0. The monoisotopic (exact) mass is 266 g/mol. The van der Waals surface area contributed by atoms with Crippen molar-refractivity contribution in [1.29, 1.82) is 0 Å². The summed E-state index contributed by atoms with van der Waals surface area (Å²) in [6.07, 6.45) is 2.64. The molecular formula is C17H18N2O. The van der Waals surface area contributed by atoms with E-state index in [0.717, 1.165) is 36.7 Å². The number of hydrogen-bond acceptors (Lipinski definition) is 3. The van der Waals surface area contributed by atoms with E-state index in [1.165, 1.54) is 10.8 Å². The van der Waals surface area contributed by atoms with Gasteiger partial charge in [0.15, 0.2) is 11.7 Å². The van der Waals surface area contributed by atoms with E-state index in [1.54, 1.807) is 0 Å². The van der Waals surface area contributed by atoms with Crippen molar-refractivity contribution < 1.29 is 4.42 Å². The molecule has 0 saturated heterocycles. The lowest BCUT2D eigenvalue weighted by atomic mass is 10.0. The van der Waals surface area contributed by atoms with Crippen LogP contribution in [0.5, 0.6) is 0 Å². The molecule has 1 heterocycles. The Morgan fingerprint density at radius 1 is 1.10 bits per heavy atom. The van der Waals surface area contributed by atoms with E-state index in [-0.39, 0.29) is 0 Å². The van der Waals surface area contributed by atoms with Crippen LogP contribution in [0.2, 0.25) is 0 Å². The Kier molecular flexibility index (Phi) is 3.79. The fourth-order valence-electron chi connectivity index (χ4n) is 2.36. The van der Waals surface area contributed by atoms with Crippen LogP contribution in [0.4, 0.5) is 0 Å². The van der Waals surface area contributed by atoms with Gasteiger partial charge in [0.25, 0.3) is 0 Å². The average Bonchev–Trinajstić information content (AvgIpc) is 2.96. The molecule has 0 amide bonds. The van der Waals surface area contributed by atoms with Crippen LogP contribution in [0.1, 0.15) is 12.8 Å². The van der Waals surface area contributed by atoms with Crippen LogP contribution in [-0.2, 0) is 6.42 Å². The van der Waals surface area contributed by atoms with Crippen LogP contribution in [-0.4, -0.2) is 18.1 Å². The van der Waals surface area contributed by atoms with E-state index in [4.69, 9.17) is 4.42 Å². The molecule has 0 spiro atoms. The lowest BCUT2D eigenvalue weighted by Crippen LogP contribution is -2.16. The third kappa shape index (κ3) is 2.58. The van der Waals surface area contributed by atoms with Gasteiger partial charge in [-0.3, -0.25) is 0 Å². The van der Waals surface area contributed by atoms with Crippen LogP contribution in [0.3, 0.4) is 0 Å². The SMILES string of the molecule is CCNCCc1ncc(-c2cccc3ccccc23)o1. The van der Waals surface area contributed by atoms with E-state index in [2.05, 4.69) is 47.6 Å². The first-order chi connectivity index (χ1) is 9.88. The number of hydrogen-bond donors (Lipinski definition) is 1. The molecule has 0 unspecified atom stereocenters. The molecule has 0 aliphatic rings. The average molecular weight is 266 g/mol. The fraction of sp³-hybridized carbons (Fsp3) is 0.235. The van der Waals surface area contributed by atoms with Crippen molar-refractivity contribution in [2.75, 3.05) is 13.1 Å². The van der Waals surface area contributed by atoms with Crippen molar-refractivity contribution in [3.8, 4) is 11.3 Å². The van der Waals surface area contributed by atoms with Crippen molar-refractivity contribution in [2.24, 2.45) is 0 Å². The molecule has 1 aromatic heterocycles. The first-order valence-electron chi connectivity index (χ1n) is 7.02. The first-order valence-corrected chi connectivity index (χ1v) is 7.02. The van der Waals surface area contributed by atoms with Gasteiger partial charge < -0.3 is 9.73 Å². The standard InChI is InChI=1S/C17H18N2O/c1-2-18-11-10-17-19-12-16(20-17)15-9-5-7-13-6-3-4-8-14(13)15/h3-9,12,18H,2,10-11H2,1H3. The Bertz CT molecular complexity index is 698. The van der Waals surface area contributed by atoms with Crippen molar-refractivity contribution in [1.82, 2.24) is 10.3 Å². The van der Waals surface area contributed by atoms with Crippen LogP contribution in [0.15, 0.2) is 53.1 Å². The Morgan fingerprint density at radius 2 is 1.95 bits per heavy atom. The highest BCUT2D eigenvalue weighted by Crippen LogP contribution is 2.28. The minimum atomic E-state index is 0.786. The van der Waals surface area contributed by atoms with Crippen molar-refractivity contribution in [3.63, 3.8) is 0 Å². The van der Waals surface area contributed by atoms with Crippen LogP contribution in [0, 0.1) is 0 Å². The summed E-state index contributed by atoms with van der Waals surface area (Å²) in [4.78, 5) is 4.36. The van der Waals surface area contributed by atoms with E-state index in [9.17, 15) is 0 Å². The highest BCUT2D eigenvalue weighted by molar-refractivity contribution is 5.95. The molecule has 0 aliphatic carbocycles. The Labute approximate surface area is 118 Å². The van der Waals surface area contributed by atoms with Crippen molar-refractivity contribution >= 4 is 10.8 Å². The zero-order chi connectivity index (χ0) is 13.8. The number of benzene rings is 2. The Morgan fingerprint density at radius 3 is 2.85 bits per heavy atom. The summed E-state index contributed by atoms with van der Waals surface area (Å²) in [7, 11) is 0. The number of nitrogens with zero attached hydrogens (tertiary/aromatic N) is 1. The van der Waals surface area contributed by atoms with E-state index in [0.29, 0.717) is 0 Å². The topological polar surface area (TPSA) is 38.1 Å². The molecule has 3 heteroatoms. The van der Waals surface area contributed by atoms with E-state index < -0.39 is 0 Å². The second-order valence-electron chi connectivity index (χ2n) is 4.75. The first kappa shape index (κ1) is 12.9. The molecule has 102 valence electrons. The third-order valence-corrected chi connectivity index (χ3v) is 3.37. The normalized spacial score (nSPS) is 11.1. The lowest BCUT2D eigenvalue weighted by Gasteiger charge is -2.03. The molecule has 0 fully saturated rings. The molecule has 0 saturated carbocycles. The summed E-state index contributed by atoms with van der Waals surface area (Å²) < 4.78 is 5.87. The van der Waals surface area contributed by atoms with Crippen molar-refractivity contribution in [2.45, 2.75) is 13.3 Å². The maximum absolute atomic E-state index is 5.87. The second-order valence-corrected chi connectivity index (χ2v) is 4.75. The van der Waals surface area contributed by atoms with Gasteiger partial charge in [-0.15, -0.1) is 0 Å². The zero-order valence-corrected chi connectivity index (χ0v) is 11.6. The fourth-order valence-corrected chi connectivity index (χ4v) is 2.36. The minimum absolute atomic E-state index is 0.786. The van der Waals surface area contributed by atoms with Crippen LogP contribution < -0.4 is 5.32 Å². The number of likely N-dealkylation sites (N-methyl/N-ethyl adjacent to an activating group) is 1. The van der Waals surface area contributed by atoms with E-state index in [1.807, 2.05) is 18.3 Å². The maximum atomic E-state index is 5.87. The van der Waals surface area contributed by atoms with Gasteiger partial charge in [-0.2, -0.15) is 0 Å². The number of oxazole rings is 1. The van der Waals surface area contributed by atoms with Gasteiger partial charge in [0.05, 0.1) is 6.20 Å².